The van der Waals surface area contributed by atoms with Crippen LogP contribution in [-0.4, -0.2) is 24.0 Å². The van der Waals surface area contributed by atoms with Crippen LogP contribution in [0.4, 0.5) is 0 Å². The van der Waals surface area contributed by atoms with Crippen LogP contribution in [0.5, 0.6) is 5.75 Å². The molecule has 1 saturated carbocycles. The predicted octanol–water partition coefficient (Wildman–Crippen LogP) is 3.39. The largest absolute Gasteiger partial charge is 0.497 e. The average molecular weight is 341 g/mol. The maximum atomic E-state index is 12.6. The van der Waals surface area contributed by atoms with Crippen LogP contribution in [-0.2, 0) is 4.79 Å². The number of hydrogen-bond acceptors (Lipinski definition) is 3. The number of hydrogen-bond donors (Lipinski definition) is 1. The molecule has 2 rings (SSSR count). The summed E-state index contributed by atoms with van der Waals surface area (Å²) in [6, 6.07) is 5.13. The molecule has 0 bridgehead atoms. The van der Waals surface area contributed by atoms with Crippen molar-refractivity contribution in [3.63, 3.8) is 0 Å². The van der Waals surface area contributed by atoms with E-state index in [0.717, 1.165) is 0 Å². The van der Waals surface area contributed by atoms with Crippen molar-refractivity contribution in [1.82, 2.24) is 0 Å². The zero-order chi connectivity index (χ0) is 14.9. The fourth-order valence-electron chi connectivity index (χ4n) is 2.88. The second-order valence-electron chi connectivity index (χ2n) is 5.34. The van der Waals surface area contributed by atoms with Crippen LogP contribution in [0.2, 0.25) is 0 Å². The molecular formula is C15H17BrO4. The summed E-state index contributed by atoms with van der Waals surface area (Å²) in [5.74, 6) is -1.07. The Labute approximate surface area is 126 Å². The van der Waals surface area contributed by atoms with Gasteiger partial charge in [0.15, 0.2) is 5.78 Å². The van der Waals surface area contributed by atoms with E-state index in [1.807, 2.05) is 6.92 Å². The fourth-order valence-corrected chi connectivity index (χ4v) is 3.43. The number of methoxy groups -OCH3 is 1. The number of carbonyl (C=O) groups is 2. The SMILES string of the molecule is COc1ccc(C(=O)C2CC(C)CC2C(=O)O)c(Br)c1. The molecule has 0 saturated heterocycles. The summed E-state index contributed by atoms with van der Waals surface area (Å²) >= 11 is 3.36. The van der Waals surface area contributed by atoms with Crippen LogP contribution < -0.4 is 4.74 Å². The van der Waals surface area contributed by atoms with Gasteiger partial charge in [0.2, 0.25) is 0 Å². The second-order valence-corrected chi connectivity index (χ2v) is 6.19. The van der Waals surface area contributed by atoms with Gasteiger partial charge in [0.05, 0.1) is 13.0 Å². The molecule has 0 spiro atoms. The van der Waals surface area contributed by atoms with Gasteiger partial charge in [0, 0.05) is 16.0 Å². The molecule has 0 aromatic heterocycles. The number of Topliss-reactive ketones (excluding diaryl/α,β-unsaturated/α-hetero) is 1. The van der Waals surface area contributed by atoms with Crippen molar-refractivity contribution in [3.05, 3.63) is 28.2 Å². The van der Waals surface area contributed by atoms with E-state index in [1.165, 1.54) is 0 Å². The third-order valence-corrected chi connectivity index (χ3v) is 4.55. The minimum absolute atomic E-state index is 0.101. The Kier molecular flexibility index (Phi) is 4.48. The first kappa shape index (κ1) is 15.0. The van der Waals surface area contributed by atoms with E-state index in [-0.39, 0.29) is 11.7 Å². The Hall–Kier alpha value is -1.36. The van der Waals surface area contributed by atoms with Gasteiger partial charge in [-0.05, 0) is 52.9 Å². The number of rotatable bonds is 4. The molecule has 0 aliphatic heterocycles. The van der Waals surface area contributed by atoms with Crippen LogP contribution in [0.3, 0.4) is 0 Å². The number of halogens is 1. The lowest BCUT2D eigenvalue weighted by Crippen LogP contribution is -2.25. The van der Waals surface area contributed by atoms with Crippen molar-refractivity contribution in [2.45, 2.75) is 19.8 Å². The van der Waals surface area contributed by atoms with Crippen molar-refractivity contribution in [2.75, 3.05) is 7.11 Å². The standard InChI is InChI=1S/C15H17BrO4/c1-8-5-11(12(6-8)15(18)19)14(17)10-4-3-9(20-2)7-13(10)16/h3-4,7-8,11-12H,5-6H2,1-2H3,(H,18,19). The number of benzene rings is 1. The summed E-state index contributed by atoms with van der Waals surface area (Å²) in [6.07, 6.45) is 1.20. The van der Waals surface area contributed by atoms with Crippen molar-refractivity contribution < 1.29 is 19.4 Å². The van der Waals surface area contributed by atoms with Crippen LogP contribution in [0, 0.1) is 17.8 Å². The lowest BCUT2D eigenvalue weighted by Gasteiger charge is -2.15. The molecule has 1 aliphatic rings. The molecule has 1 aliphatic carbocycles. The first-order valence-electron chi connectivity index (χ1n) is 6.54. The average Bonchev–Trinajstić information content (AvgIpc) is 2.80. The number of carboxylic acid groups (broad SMARTS) is 1. The normalized spacial score (nSPS) is 25.4. The van der Waals surface area contributed by atoms with Gasteiger partial charge in [-0.15, -0.1) is 0 Å². The smallest absolute Gasteiger partial charge is 0.307 e. The molecule has 1 fully saturated rings. The number of ether oxygens (including phenoxy) is 1. The van der Waals surface area contributed by atoms with E-state index in [9.17, 15) is 14.7 Å². The molecule has 3 unspecified atom stereocenters. The molecule has 108 valence electrons. The van der Waals surface area contributed by atoms with Gasteiger partial charge in [-0.2, -0.15) is 0 Å². The molecule has 3 atom stereocenters. The molecule has 5 heteroatoms. The highest BCUT2D eigenvalue weighted by Crippen LogP contribution is 2.39. The molecule has 0 radical (unpaired) electrons. The van der Waals surface area contributed by atoms with Crippen LogP contribution >= 0.6 is 15.9 Å². The number of carbonyl (C=O) groups excluding carboxylic acids is 1. The molecular weight excluding hydrogens is 324 g/mol. The van der Waals surface area contributed by atoms with Gasteiger partial charge >= 0.3 is 5.97 Å². The van der Waals surface area contributed by atoms with Gasteiger partial charge < -0.3 is 9.84 Å². The van der Waals surface area contributed by atoms with Crippen molar-refractivity contribution in [1.29, 1.82) is 0 Å². The van der Waals surface area contributed by atoms with E-state index >= 15 is 0 Å². The second kappa shape index (κ2) is 5.95. The van der Waals surface area contributed by atoms with Crippen LogP contribution in [0.1, 0.15) is 30.1 Å². The predicted molar refractivity (Wildman–Crippen MR) is 78.0 cm³/mol. The van der Waals surface area contributed by atoms with E-state index in [2.05, 4.69) is 15.9 Å². The zero-order valence-electron chi connectivity index (χ0n) is 11.4. The zero-order valence-corrected chi connectivity index (χ0v) is 13.0. The number of aliphatic carboxylic acids is 1. The minimum Gasteiger partial charge on any atom is -0.497 e. The van der Waals surface area contributed by atoms with E-state index < -0.39 is 17.8 Å². The fraction of sp³-hybridized carbons (Fsp3) is 0.467. The summed E-state index contributed by atoms with van der Waals surface area (Å²) in [6.45, 7) is 1.99. The van der Waals surface area contributed by atoms with Crippen LogP contribution in [0.25, 0.3) is 0 Å². The van der Waals surface area contributed by atoms with Gasteiger partial charge in [-0.25, -0.2) is 0 Å². The number of ketones is 1. The Morgan fingerprint density at radius 3 is 2.50 bits per heavy atom. The lowest BCUT2D eigenvalue weighted by atomic mass is 9.88. The summed E-state index contributed by atoms with van der Waals surface area (Å²) < 4.78 is 5.74. The van der Waals surface area contributed by atoms with E-state index in [1.54, 1.807) is 25.3 Å². The highest BCUT2D eigenvalue weighted by atomic mass is 79.9. The van der Waals surface area contributed by atoms with Crippen LogP contribution in [0.15, 0.2) is 22.7 Å². The molecule has 1 aromatic rings. The maximum Gasteiger partial charge on any atom is 0.307 e. The summed E-state index contributed by atoms with van der Waals surface area (Å²) in [5, 5.41) is 9.26. The van der Waals surface area contributed by atoms with Crippen molar-refractivity contribution in [2.24, 2.45) is 17.8 Å². The summed E-state index contributed by atoms with van der Waals surface area (Å²) in [4.78, 5) is 23.9. The monoisotopic (exact) mass is 340 g/mol. The first-order valence-corrected chi connectivity index (χ1v) is 7.34. The Balaban J connectivity index is 2.29. The lowest BCUT2D eigenvalue weighted by molar-refractivity contribution is -0.142. The third-order valence-electron chi connectivity index (χ3n) is 3.89. The van der Waals surface area contributed by atoms with Crippen molar-refractivity contribution in [3.8, 4) is 5.75 Å². The molecule has 20 heavy (non-hydrogen) atoms. The molecule has 1 N–H and O–H groups in total. The molecule has 0 amide bonds. The van der Waals surface area contributed by atoms with E-state index in [4.69, 9.17) is 4.74 Å². The van der Waals surface area contributed by atoms with E-state index in [0.29, 0.717) is 28.6 Å². The Morgan fingerprint density at radius 1 is 1.30 bits per heavy atom. The maximum absolute atomic E-state index is 12.6. The molecule has 4 nitrogen and oxygen atoms in total. The quantitative estimate of drug-likeness (QED) is 0.853. The van der Waals surface area contributed by atoms with Crippen molar-refractivity contribution >= 4 is 27.7 Å². The van der Waals surface area contributed by atoms with Gasteiger partial charge in [0.25, 0.3) is 0 Å². The van der Waals surface area contributed by atoms with Gasteiger partial charge in [-0.3, -0.25) is 9.59 Å². The third kappa shape index (κ3) is 2.87. The Bertz CT molecular complexity index is 541. The van der Waals surface area contributed by atoms with Gasteiger partial charge in [0.1, 0.15) is 5.75 Å². The number of carboxylic acids is 1. The first-order chi connectivity index (χ1) is 9.43. The molecule has 0 heterocycles. The summed E-state index contributed by atoms with van der Waals surface area (Å²) in [5.41, 5.74) is 0.524. The Morgan fingerprint density at radius 2 is 1.95 bits per heavy atom. The highest BCUT2D eigenvalue weighted by Gasteiger charge is 2.41. The molecule has 1 aromatic carbocycles. The highest BCUT2D eigenvalue weighted by molar-refractivity contribution is 9.10. The van der Waals surface area contributed by atoms with Gasteiger partial charge in [-0.1, -0.05) is 6.92 Å². The minimum atomic E-state index is -0.877. The topological polar surface area (TPSA) is 63.6 Å². The summed E-state index contributed by atoms with van der Waals surface area (Å²) in [7, 11) is 1.56.